The van der Waals surface area contributed by atoms with Crippen molar-refractivity contribution in [3.8, 4) is 0 Å². The van der Waals surface area contributed by atoms with Gasteiger partial charge in [0.1, 0.15) is 11.9 Å². The summed E-state index contributed by atoms with van der Waals surface area (Å²) in [5, 5.41) is 2.32. The van der Waals surface area contributed by atoms with Crippen molar-refractivity contribution in [1.29, 1.82) is 0 Å². The number of carbonyl (C=O) groups is 2. The number of hydrogen-bond donors (Lipinski definition) is 1. The number of carbonyl (C=O) groups excluding carboxylic acids is 2. The minimum Gasteiger partial charge on any atom is -0.368 e. The van der Waals surface area contributed by atoms with Crippen molar-refractivity contribution in [1.82, 2.24) is 9.88 Å². The average Bonchev–Trinajstić information content (AvgIpc) is 3.17. The van der Waals surface area contributed by atoms with E-state index < -0.39 is 6.04 Å². The standard InChI is InChI=1S/C20H24N4O2/c21-18(25)17-6-3-11-24(17)20(26)15-8-12-23(13-9-15)19-16-5-2-1-4-14(16)7-10-22-19/h1-2,4-5,7,10,15,17H,3,6,8-9,11-13H2,(H2,21,25). The summed E-state index contributed by atoms with van der Waals surface area (Å²) in [6.45, 7) is 2.25. The van der Waals surface area contributed by atoms with Gasteiger partial charge in [-0.25, -0.2) is 4.98 Å². The minimum absolute atomic E-state index is 0.0267. The normalized spacial score (nSPS) is 21.3. The van der Waals surface area contributed by atoms with Gasteiger partial charge in [0.2, 0.25) is 11.8 Å². The molecule has 2 aromatic rings. The molecular weight excluding hydrogens is 328 g/mol. The largest absolute Gasteiger partial charge is 0.368 e. The summed E-state index contributed by atoms with van der Waals surface area (Å²) in [6, 6.07) is 9.85. The molecule has 136 valence electrons. The van der Waals surface area contributed by atoms with Crippen molar-refractivity contribution < 1.29 is 9.59 Å². The predicted octanol–water partition coefficient (Wildman–Crippen LogP) is 1.93. The first-order valence-corrected chi connectivity index (χ1v) is 9.33. The smallest absolute Gasteiger partial charge is 0.240 e. The van der Waals surface area contributed by atoms with Crippen LogP contribution in [0.2, 0.25) is 0 Å². The Bertz CT molecular complexity index is 824. The summed E-state index contributed by atoms with van der Waals surface area (Å²) >= 11 is 0. The maximum Gasteiger partial charge on any atom is 0.240 e. The number of anilines is 1. The van der Waals surface area contributed by atoms with Crippen molar-refractivity contribution in [2.75, 3.05) is 24.5 Å². The monoisotopic (exact) mass is 352 g/mol. The number of rotatable bonds is 3. The molecule has 2 aliphatic heterocycles. The zero-order valence-electron chi connectivity index (χ0n) is 14.8. The van der Waals surface area contributed by atoms with Crippen molar-refractivity contribution in [2.24, 2.45) is 11.7 Å². The lowest BCUT2D eigenvalue weighted by Crippen LogP contribution is -2.48. The summed E-state index contributed by atoms with van der Waals surface area (Å²) in [5.41, 5.74) is 5.46. The van der Waals surface area contributed by atoms with E-state index in [4.69, 9.17) is 5.73 Å². The molecule has 0 saturated carbocycles. The van der Waals surface area contributed by atoms with Crippen LogP contribution in [-0.2, 0) is 9.59 Å². The first-order chi connectivity index (χ1) is 12.6. The van der Waals surface area contributed by atoms with E-state index in [2.05, 4.69) is 22.0 Å². The Morgan fingerprint density at radius 3 is 2.58 bits per heavy atom. The number of nitrogens with two attached hydrogens (primary N) is 1. The molecule has 6 nitrogen and oxygen atoms in total. The highest BCUT2D eigenvalue weighted by molar-refractivity contribution is 5.92. The number of primary amides is 1. The van der Waals surface area contributed by atoms with Gasteiger partial charge >= 0.3 is 0 Å². The third-order valence-corrected chi connectivity index (χ3v) is 5.66. The van der Waals surface area contributed by atoms with E-state index in [1.807, 2.05) is 24.4 Å². The van der Waals surface area contributed by atoms with Crippen molar-refractivity contribution in [3.05, 3.63) is 36.5 Å². The number of pyridine rings is 1. The summed E-state index contributed by atoms with van der Waals surface area (Å²) in [4.78, 5) is 33.0. The van der Waals surface area contributed by atoms with Gasteiger partial charge < -0.3 is 15.5 Å². The molecule has 1 aromatic heterocycles. The summed E-state index contributed by atoms with van der Waals surface area (Å²) in [5.74, 6) is 0.677. The lowest BCUT2D eigenvalue weighted by molar-refractivity contribution is -0.141. The average molecular weight is 352 g/mol. The van der Waals surface area contributed by atoms with E-state index in [1.54, 1.807) is 4.90 Å². The van der Waals surface area contributed by atoms with Crippen molar-refractivity contribution in [2.45, 2.75) is 31.7 Å². The van der Waals surface area contributed by atoms with Crippen LogP contribution in [0.25, 0.3) is 10.8 Å². The number of nitrogens with zero attached hydrogens (tertiary/aromatic N) is 3. The van der Waals surface area contributed by atoms with Crippen LogP contribution in [0.15, 0.2) is 36.5 Å². The maximum atomic E-state index is 12.9. The molecule has 1 aromatic carbocycles. The van der Waals surface area contributed by atoms with Crippen LogP contribution in [0.5, 0.6) is 0 Å². The van der Waals surface area contributed by atoms with Crippen molar-refractivity contribution >= 4 is 28.4 Å². The Morgan fingerprint density at radius 2 is 1.81 bits per heavy atom. The number of piperidine rings is 1. The van der Waals surface area contributed by atoms with Gasteiger partial charge in [-0.2, -0.15) is 0 Å². The summed E-state index contributed by atoms with van der Waals surface area (Å²) in [7, 11) is 0. The second-order valence-corrected chi connectivity index (χ2v) is 7.21. The SMILES string of the molecule is NC(=O)C1CCCN1C(=O)C1CCN(c2nccc3ccccc23)CC1. The fourth-order valence-electron chi connectivity index (χ4n) is 4.25. The molecule has 0 radical (unpaired) electrons. The molecule has 2 amide bonds. The molecule has 2 saturated heterocycles. The van der Waals surface area contributed by atoms with E-state index in [-0.39, 0.29) is 17.7 Å². The zero-order valence-corrected chi connectivity index (χ0v) is 14.8. The Balaban J connectivity index is 1.45. The zero-order chi connectivity index (χ0) is 18.1. The van der Waals surface area contributed by atoms with Gasteiger partial charge in [-0.1, -0.05) is 24.3 Å². The topological polar surface area (TPSA) is 79.5 Å². The van der Waals surface area contributed by atoms with E-state index >= 15 is 0 Å². The molecule has 2 N–H and O–H groups in total. The Kier molecular flexibility index (Phi) is 4.49. The van der Waals surface area contributed by atoms with Gasteiger partial charge in [0.25, 0.3) is 0 Å². The molecule has 3 heterocycles. The Morgan fingerprint density at radius 1 is 1.04 bits per heavy atom. The van der Waals surface area contributed by atoms with Crippen molar-refractivity contribution in [3.63, 3.8) is 0 Å². The number of aromatic nitrogens is 1. The van der Waals surface area contributed by atoms with Crippen LogP contribution in [0.1, 0.15) is 25.7 Å². The van der Waals surface area contributed by atoms with E-state index in [0.29, 0.717) is 13.0 Å². The second-order valence-electron chi connectivity index (χ2n) is 7.21. The van der Waals surface area contributed by atoms with Crippen LogP contribution < -0.4 is 10.6 Å². The number of hydrogen-bond acceptors (Lipinski definition) is 4. The quantitative estimate of drug-likeness (QED) is 0.915. The molecule has 2 aliphatic rings. The fourth-order valence-corrected chi connectivity index (χ4v) is 4.25. The molecule has 6 heteroatoms. The molecule has 1 unspecified atom stereocenters. The highest BCUT2D eigenvalue weighted by Gasteiger charge is 2.37. The number of fused-ring (bicyclic) bond motifs is 1. The molecule has 1 atom stereocenters. The van der Waals surface area contributed by atoms with Gasteiger partial charge in [0.15, 0.2) is 0 Å². The van der Waals surface area contributed by atoms with Gasteiger partial charge in [0.05, 0.1) is 0 Å². The molecule has 26 heavy (non-hydrogen) atoms. The molecular formula is C20H24N4O2. The van der Waals surface area contributed by atoms with Crippen LogP contribution in [0.4, 0.5) is 5.82 Å². The highest BCUT2D eigenvalue weighted by atomic mass is 16.2. The first kappa shape index (κ1) is 16.8. The van der Waals surface area contributed by atoms with Crippen LogP contribution in [-0.4, -0.2) is 47.4 Å². The Labute approximate surface area is 153 Å². The van der Waals surface area contributed by atoms with Crippen LogP contribution in [0.3, 0.4) is 0 Å². The number of benzene rings is 1. The number of amides is 2. The predicted molar refractivity (Wildman–Crippen MR) is 101 cm³/mol. The molecule has 0 bridgehead atoms. The Hall–Kier alpha value is -2.63. The lowest BCUT2D eigenvalue weighted by Gasteiger charge is -2.35. The molecule has 2 fully saturated rings. The van der Waals surface area contributed by atoms with Gasteiger partial charge in [-0.15, -0.1) is 0 Å². The minimum atomic E-state index is -0.416. The maximum absolute atomic E-state index is 12.9. The fraction of sp³-hybridized carbons (Fsp3) is 0.450. The molecule has 4 rings (SSSR count). The van der Waals surface area contributed by atoms with Crippen LogP contribution >= 0.6 is 0 Å². The van der Waals surface area contributed by atoms with Crippen LogP contribution in [0, 0.1) is 5.92 Å². The lowest BCUT2D eigenvalue weighted by atomic mass is 9.94. The molecule has 0 spiro atoms. The highest BCUT2D eigenvalue weighted by Crippen LogP contribution is 2.30. The third-order valence-electron chi connectivity index (χ3n) is 5.66. The first-order valence-electron chi connectivity index (χ1n) is 9.33. The van der Waals surface area contributed by atoms with Gasteiger partial charge in [-0.05, 0) is 37.1 Å². The van der Waals surface area contributed by atoms with Gasteiger partial charge in [0, 0.05) is 37.1 Å². The summed E-state index contributed by atoms with van der Waals surface area (Å²) < 4.78 is 0. The second kappa shape index (κ2) is 6.94. The third kappa shape index (κ3) is 3.00. The van der Waals surface area contributed by atoms with E-state index in [9.17, 15) is 9.59 Å². The van der Waals surface area contributed by atoms with Gasteiger partial charge in [-0.3, -0.25) is 9.59 Å². The van der Waals surface area contributed by atoms with E-state index in [0.717, 1.165) is 43.6 Å². The number of likely N-dealkylation sites (tertiary alicyclic amines) is 1. The molecule has 0 aliphatic carbocycles. The summed E-state index contributed by atoms with van der Waals surface area (Å²) in [6.07, 6.45) is 4.96. The van der Waals surface area contributed by atoms with E-state index in [1.165, 1.54) is 5.39 Å².